The first-order valence-electron chi connectivity index (χ1n) is 6.65. The molecule has 3 aromatic rings. The molecule has 1 aromatic carbocycles. The van der Waals surface area contributed by atoms with Crippen LogP contribution in [0.1, 0.15) is 5.56 Å². The number of aromatic hydroxyl groups is 1. The molecule has 1 N–H and O–H groups in total. The van der Waals surface area contributed by atoms with Gasteiger partial charge in [0.05, 0.1) is 0 Å². The Hall–Kier alpha value is -2.50. The van der Waals surface area contributed by atoms with Crippen LogP contribution in [0.5, 0.6) is 5.88 Å². The molecule has 0 saturated carbocycles. The number of hydrogen-bond acceptors (Lipinski definition) is 2. The Morgan fingerprint density at radius 1 is 1.23 bits per heavy atom. The standard InChI is InChI=1S/C16H13F3N2O/c1-10-5-12(11-3-2-4-20-7-11)6-13-8-21(9-16(17,18)19)15(22)14(10)13/h2-8,22H,9H2,1H3. The van der Waals surface area contributed by atoms with Gasteiger partial charge in [-0.25, -0.2) is 0 Å². The van der Waals surface area contributed by atoms with E-state index in [1.54, 1.807) is 31.5 Å². The Labute approximate surface area is 124 Å². The minimum atomic E-state index is -4.38. The molecule has 0 spiro atoms. The quantitative estimate of drug-likeness (QED) is 0.767. The number of alkyl halides is 3. The number of benzene rings is 1. The van der Waals surface area contributed by atoms with Gasteiger partial charge >= 0.3 is 6.18 Å². The smallest absolute Gasteiger partial charge is 0.406 e. The highest BCUT2D eigenvalue weighted by Gasteiger charge is 2.29. The lowest BCUT2D eigenvalue weighted by molar-refractivity contribution is -0.141. The summed E-state index contributed by atoms with van der Waals surface area (Å²) in [5, 5.41) is 11.1. The van der Waals surface area contributed by atoms with E-state index in [1.807, 2.05) is 12.1 Å². The topological polar surface area (TPSA) is 38.0 Å². The molecular formula is C16H13F3N2O. The summed E-state index contributed by atoms with van der Waals surface area (Å²) in [6, 6.07) is 7.25. The first kappa shape index (κ1) is 14.4. The highest BCUT2D eigenvalue weighted by Crippen LogP contribution is 2.35. The summed E-state index contributed by atoms with van der Waals surface area (Å²) in [6.45, 7) is 0.551. The predicted molar refractivity (Wildman–Crippen MR) is 77.6 cm³/mol. The van der Waals surface area contributed by atoms with Crippen molar-refractivity contribution in [2.75, 3.05) is 0 Å². The fraction of sp³-hybridized carbons (Fsp3) is 0.188. The van der Waals surface area contributed by atoms with Crippen LogP contribution >= 0.6 is 0 Å². The molecule has 0 aliphatic rings. The second-order valence-corrected chi connectivity index (χ2v) is 5.19. The van der Waals surface area contributed by atoms with Gasteiger partial charge in [0.2, 0.25) is 0 Å². The van der Waals surface area contributed by atoms with Crippen molar-refractivity contribution in [2.24, 2.45) is 0 Å². The minimum Gasteiger partial charge on any atom is -0.494 e. The van der Waals surface area contributed by atoms with Crippen molar-refractivity contribution in [1.82, 2.24) is 9.55 Å². The zero-order valence-corrected chi connectivity index (χ0v) is 11.7. The minimum absolute atomic E-state index is 0.359. The third-order valence-corrected chi connectivity index (χ3v) is 3.50. The van der Waals surface area contributed by atoms with Crippen LogP contribution in [0, 0.1) is 6.92 Å². The number of fused-ring (bicyclic) bond motifs is 1. The molecule has 2 heterocycles. The van der Waals surface area contributed by atoms with E-state index in [0.717, 1.165) is 21.3 Å². The summed E-state index contributed by atoms with van der Waals surface area (Å²) in [5.74, 6) is -0.359. The van der Waals surface area contributed by atoms with E-state index in [-0.39, 0.29) is 5.88 Å². The fourth-order valence-electron chi connectivity index (χ4n) is 2.61. The van der Waals surface area contributed by atoms with Crippen molar-refractivity contribution in [2.45, 2.75) is 19.6 Å². The van der Waals surface area contributed by atoms with Gasteiger partial charge in [-0.1, -0.05) is 12.1 Å². The maximum atomic E-state index is 12.6. The number of pyridine rings is 1. The Balaban J connectivity index is 2.15. The molecule has 22 heavy (non-hydrogen) atoms. The molecule has 0 bridgehead atoms. The fourth-order valence-corrected chi connectivity index (χ4v) is 2.61. The summed E-state index contributed by atoms with van der Waals surface area (Å²) < 4.78 is 38.5. The van der Waals surface area contributed by atoms with Gasteiger partial charge in [0.15, 0.2) is 5.88 Å². The van der Waals surface area contributed by atoms with Crippen molar-refractivity contribution in [1.29, 1.82) is 0 Å². The van der Waals surface area contributed by atoms with Crippen LogP contribution in [0.3, 0.4) is 0 Å². The molecule has 6 heteroatoms. The Morgan fingerprint density at radius 2 is 2.00 bits per heavy atom. The first-order chi connectivity index (χ1) is 10.3. The van der Waals surface area contributed by atoms with Crippen LogP contribution in [-0.4, -0.2) is 20.8 Å². The number of aromatic nitrogens is 2. The molecule has 0 aliphatic heterocycles. The molecule has 0 amide bonds. The lowest BCUT2D eigenvalue weighted by atomic mass is 10.0. The lowest BCUT2D eigenvalue weighted by Crippen LogP contribution is -2.16. The van der Waals surface area contributed by atoms with E-state index in [9.17, 15) is 18.3 Å². The summed E-state index contributed by atoms with van der Waals surface area (Å²) >= 11 is 0. The van der Waals surface area contributed by atoms with Gasteiger partial charge in [0.1, 0.15) is 6.54 Å². The summed E-state index contributed by atoms with van der Waals surface area (Å²) in [7, 11) is 0. The Bertz CT molecular complexity index is 823. The highest BCUT2D eigenvalue weighted by molar-refractivity contribution is 5.94. The molecule has 3 rings (SSSR count). The molecule has 0 saturated heterocycles. The van der Waals surface area contributed by atoms with Gasteiger partial charge in [0, 0.05) is 34.9 Å². The van der Waals surface area contributed by atoms with Gasteiger partial charge < -0.3 is 9.67 Å². The third-order valence-electron chi connectivity index (χ3n) is 3.50. The molecule has 0 aliphatic carbocycles. The molecule has 0 unspecified atom stereocenters. The molecule has 3 nitrogen and oxygen atoms in total. The van der Waals surface area contributed by atoms with Crippen molar-refractivity contribution in [3.05, 3.63) is 48.4 Å². The Morgan fingerprint density at radius 3 is 2.64 bits per heavy atom. The molecule has 0 atom stereocenters. The number of halogens is 3. The largest absolute Gasteiger partial charge is 0.494 e. The van der Waals surface area contributed by atoms with E-state index in [1.165, 1.54) is 6.20 Å². The number of nitrogens with zero attached hydrogens (tertiary/aromatic N) is 2. The second kappa shape index (κ2) is 5.05. The van der Waals surface area contributed by atoms with Crippen molar-refractivity contribution < 1.29 is 18.3 Å². The van der Waals surface area contributed by atoms with Gasteiger partial charge in [-0.2, -0.15) is 13.2 Å². The zero-order valence-electron chi connectivity index (χ0n) is 11.7. The van der Waals surface area contributed by atoms with E-state index in [2.05, 4.69) is 4.98 Å². The van der Waals surface area contributed by atoms with E-state index >= 15 is 0 Å². The average Bonchev–Trinajstić information content (AvgIpc) is 2.74. The molecule has 0 radical (unpaired) electrons. The predicted octanol–water partition coefficient (Wildman–Crippen LogP) is 4.28. The number of rotatable bonds is 2. The van der Waals surface area contributed by atoms with E-state index < -0.39 is 12.7 Å². The van der Waals surface area contributed by atoms with Crippen LogP contribution in [0.25, 0.3) is 21.9 Å². The lowest BCUT2D eigenvalue weighted by Gasteiger charge is -2.08. The van der Waals surface area contributed by atoms with E-state index in [0.29, 0.717) is 10.8 Å². The molecule has 0 fully saturated rings. The van der Waals surface area contributed by atoms with Crippen molar-refractivity contribution in [3.8, 4) is 17.0 Å². The van der Waals surface area contributed by atoms with Crippen molar-refractivity contribution >= 4 is 10.8 Å². The number of aryl methyl sites for hydroxylation is 1. The number of hydrogen-bond donors (Lipinski definition) is 1. The van der Waals surface area contributed by atoms with Crippen LogP contribution in [0.2, 0.25) is 0 Å². The van der Waals surface area contributed by atoms with Gasteiger partial charge in [-0.05, 0) is 30.2 Å². The van der Waals surface area contributed by atoms with Gasteiger partial charge in [0.25, 0.3) is 0 Å². The molecular weight excluding hydrogens is 293 g/mol. The highest BCUT2D eigenvalue weighted by atomic mass is 19.4. The maximum absolute atomic E-state index is 12.6. The molecule has 2 aromatic heterocycles. The normalized spacial score (nSPS) is 12.0. The van der Waals surface area contributed by atoms with Gasteiger partial charge in [-0.3, -0.25) is 4.98 Å². The Kier molecular flexibility index (Phi) is 3.31. The SMILES string of the molecule is Cc1cc(-c2cccnc2)cc2cn(CC(F)(F)F)c(O)c12. The van der Waals surface area contributed by atoms with Crippen LogP contribution in [0.15, 0.2) is 42.9 Å². The summed E-state index contributed by atoms with van der Waals surface area (Å²) in [4.78, 5) is 4.04. The van der Waals surface area contributed by atoms with Crippen LogP contribution in [-0.2, 0) is 6.54 Å². The average molecular weight is 306 g/mol. The third kappa shape index (κ3) is 2.64. The van der Waals surface area contributed by atoms with E-state index in [4.69, 9.17) is 0 Å². The van der Waals surface area contributed by atoms with Crippen LogP contribution in [0.4, 0.5) is 13.2 Å². The van der Waals surface area contributed by atoms with Crippen LogP contribution < -0.4 is 0 Å². The zero-order chi connectivity index (χ0) is 15.9. The maximum Gasteiger partial charge on any atom is 0.406 e. The monoisotopic (exact) mass is 306 g/mol. The second-order valence-electron chi connectivity index (χ2n) is 5.19. The molecule has 114 valence electrons. The summed E-state index contributed by atoms with van der Waals surface area (Å²) in [6.07, 6.45) is 0.283. The van der Waals surface area contributed by atoms with Gasteiger partial charge in [-0.15, -0.1) is 0 Å². The summed E-state index contributed by atoms with van der Waals surface area (Å²) in [5.41, 5.74) is 2.44. The van der Waals surface area contributed by atoms with Crippen molar-refractivity contribution in [3.63, 3.8) is 0 Å². The first-order valence-corrected chi connectivity index (χ1v) is 6.65.